The van der Waals surface area contributed by atoms with E-state index in [0.29, 0.717) is 23.9 Å². The standard InChI is InChI=1S/C22H29ClN4O5/c23-14-1-3-16(4-2-14)25-22(31)27-12-18(28)11-19(27)21(30)24-15-5-7-17(8-6-15)26-9-10-32-13-20(26)29/h1-4,15,17-19,28H,5-13H2,(H,24,30)(H,25,31)/t15?,17?,18-,19-/m1/s1. The molecule has 4 amide bonds. The van der Waals surface area contributed by atoms with Gasteiger partial charge in [-0.1, -0.05) is 11.6 Å². The second-order valence-corrected chi connectivity index (χ2v) is 9.08. The number of morpholine rings is 1. The molecular formula is C22H29ClN4O5. The normalized spacial score (nSPS) is 28.5. The minimum Gasteiger partial charge on any atom is -0.391 e. The molecule has 1 aromatic carbocycles. The minimum absolute atomic E-state index is 0.00573. The highest BCUT2D eigenvalue weighted by Crippen LogP contribution is 2.26. The number of anilines is 1. The first-order valence-electron chi connectivity index (χ1n) is 11.1. The molecule has 32 heavy (non-hydrogen) atoms. The van der Waals surface area contributed by atoms with Gasteiger partial charge < -0.3 is 30.3 Å². The third kappa shape index (κ3) is 5.33. The average Bonchev–Trinajstić information content (AvgIpc) is 3.18. The molecule has 0 aromatic heterocycles. The van der Waals surface area contributed by atoms with Gasteiger partial charge in [-0.25, -0.2) is 4.79 Å². The van der Waals surface area contributed by atoms with Crippen molar-refractivity contribution < 1.29 is 24.2 Å². The van der Waals surface area contributed by atoms with Crippen LogP contribution in [0, 0.1) is 0 Å². The van der Waals surface area contributed by atoms with Gasteiger partial charge in [0.15, 0.2) is 0 Å². The molecule has 4 rings (SSSR count). The summed E-state index contributed by atoms with van der Waals surface area (Å²) in [5, 5.41) is 16.5. The van der Waals surface area contributed by atoms with Crippen LogP contribution in [0.2, 0.25) is 5.02 Å². The van der Waals surface area contributed by atoms with E-state index in [1.165, 1.54) is 4.90 Å². The van der Waals surface area contributed by atoms with Crippen LogP contribution in [0.25, 0.3) is 0 Å². The number of amides is 4. The third-order valence-electron chi connectivity index (χ3n) is 6.44. The number of β-amino-alcohol motifs (C(OH)–C–C–N with tert-alkyl or cyclic N) is 1. The molecule has 0 unspecified atom stereocenters. The van der Waals surface area contributed by atoms with Crippen LogP contribution >= 0.6 is 11.6 Å². The summed E-state index contributed by atoms with van der Waals surface area (Å²) in [7, 11) is 0. The molecule has 0 spiro atoms. The lowest BCUT2D eigenvalue weighted by Gasteiger charge is -2.39. The van der Waals surface area contributed by atoms with Gasteiger partial charge in [0.05, 0.1) is 12.7 Å². The molecule has 1 aromatic rings. The Kier molecular flexibility index (Phi) is 7.17. The van der Waals surface area contributed by atoms with Crippen LogP contribution in [-0.4, -0.2) is 83.3 Å². The molecule has 3 N–H and O–H groups in total. The molecule has 2 heterocycles. The molecule has 0 bridgehead atoms. The smallest absolute Gasteiger partial charge is 0.322 e. The third-order valence-corrected chi connectivity index (χ3v) is 6.70. The zero-order valence-corrected chi connectivity index (χ0v) is 18.6. The van der Waals surface area contributed by atoms with E-state index in [0.717, 1.165) is 25.7 Å². The Balaban J connectivity index is 1.30. The molecular weight excluding hydrogens is 436 g/mol. The highest BCUT2D eigenvalue weighted by atomic mass is 35.5. The van der Waals surface area contributed by atoms with Gasteiger partial charge in [-0.3, -0.25) is 9.59 Å². The maximum absolute atomic E-state index is 13.0. The lowest BCUT2D eigenvalue weighted by Crippen LogP contribution is -2.53. The van der Waals surface area contributed by atoms with E-state index in [1.807, 2.05) is 4.90 Å². The van der Waals surface area contributed by atoms with Crippen LogP contribution in [0.5, 0.6) is 0 Å². The second kappa shape index (κ2) is 10.1. The zero-order valence-electron chi connectivity index (χ0n) is 17.8. The number of halogens is 1. The van der Waals surface area contributed by atoms with Gasteiger partial charge in [0.1, 0.15) is 12.6 Å². The molecule has 2 saturated heterocycles. The Morgan fingerprint density at radius 2 is 1.84 bits per heavy atom. The monoisotopic (exact) mass is 464 g/mol. The number of likely N-dealkylation sites (tertiary alicyclic amines) is 1. The lowest BCUT2D eigenvalue weighted by atomic mass is 9.89. The van der Waals surface area contributed by atoms with Crippen molar-refractivity contribution in [2.45, 2.75) is 56.3 Å². The Morgan fingerprint density at radius 1 is 1.12 bits per heavy atom. The molecule has 3 aliphatic rings. The maximum atomic E-state index is 13.0. The summed E-state index contributed by atoms with van der Waals surface area (Å²) in [6.45, 7) is 1.44. The molecule has 2 atom stereocenters. The van der Waals surface area contributed by atoms with E-state index in [-0.39, 0.29) is 43.5 Å². The summed E-state index contributed by atoms with van der Waals surface area (Å²) in [5.74, 6) is -0.218. The summed E-state index contributed by atoms with van der Waals surface area (Å²) in [5.41, 5.74) is 0.566. The Labute approximate surface area is 192 Å². The van der Waals surface area contributed by atoms with Crippen molar-refractivity contribution in [3.63, 3.8) is 0 Å². The number of nitrogens with zero attached hydrogens (tertiary/aromatic N) is 2. The van der Waals surface area contributed by atoms with E-state index in [4.69, 9.17) is 16.3 Å². The first-order chi connectivity index (χ1) is 15.4. The van der Waals surface area contributed by atoms with Gasteiger partial charge in [0.25, 0.3) is 0 Å². The molecule has 2 aliphatic heterocycles. The fourth-order valence-electron chi connectivity index (χ4n) is 4.76. The number of carbonyl (C=O) groups excluding carboxylic acids is 3. The maximum Gasteiger partial charge on any atom is 0.322 e. The van der Waals surface area contributed by atoms with Crippen molar-refractivity contribution in [1.29, 1.82) is 0 Å². The predicted molar refractivity (Wildman–Crippen MR) is 118 cm³/mol. The van der Waals surface area contributed by atoms with Crippen molar-refractivity contribution in [2.24, 2.45) is 0 Å². The average molecular weight is 465 g/mol. The minimum atomic E-state index is -0.746. The van der Waals surface area contributed by atoms with E-state index in [1.54, 1.807) is 24.3 Å². The quantitative estimate of drug-likeness (QED) is 0.626. The number of aliphatic hydroxyl groups excluding tert-OH is 1. The van der Waals surface area contributed by atoms with Crippen LogP contribution < -0.4 is 10.6 Å². The first kappa shape index (κ1) is 22.8. The largest absolute Gasteiger partial charge is 0.391 e. The fourth-order valence-corrected chi connectivity index (χ4v) is 4.89. The van der Waals surface area contributed by atoms with Crippen molar-refractivity contribution >= 4 is 35.1 Å². The van der Waals surface area contributed by atoms with Crippen LogP contribution in [0.15, 0.2) is 24.3 Å². The van der Waals surface area contributed by atoms with E-state index >= 15 is 0 Å². The topological polar surface area (TPSA) is 111 Å². The van der Waals surface area contributed by atoms with Gasteiger partial charge in [-0.2, -0.15) is 0 Å². The number of ether oxygens (including phenoxy) is 1. The summed E-state index contributed by atoms with van der Waals surface area (Å²) >= 11 is 5.88. The molecule has 3 fully saturated rings. The summed E-state index contributed by atoms with van der Waals surface area (Å²) in [4.78, 5) is 41.1. The lowest BCUT2D eigenvalue weighted by molar-refractivity contribution is -0.146. The van der Waals surface area contributed by atoms with Crippen LogP contribution in [-0.2, 0) is 14.3 Å². The Hall–Kier alpha value is -2.36. The van der Waals surface area contributed by atoms with Crippen molar-refractivity contribution in [3.05, 3.63) is 29.3 Å². The second-order valence-electron chi connectivity index (χ2n) is 8.65. The highest BCUT2D eigenvalue weighted by molar-refractivity contribution is 6.30. The van der Waals surface area contributed by atoms with Gasteiger partial charge in [-0.15, -0.1) is 0 Å². The fraction of sp³-hybridized carbons (Fsp3) is 0.591. The molecule has 174 valence electrons. The van der Waals surface area contributed by atoms with Gasteiger partial charge in [0.2, 0.25) is 11.8 Å². The number of aliphatic hydroxyl groups is 1. The Morgan fingerprint density at radius 3 is 2.53 bits per heavy atom. The van der Waals surface area contributed by atoms with Crippen LogP contribution in [0.1, 0.15) is 32.1 Å². The van der Waals surface area contributed by atoms with E-state index < -0.39 is 18.2 Å². The number of hydrogen-bond acceptors (Lipinski definition) is 5. The van der Waals surface area contributed by atoms with Gasteiger partial charge >= 0.3 is 6.03 Å². The highest BCUT2D eigenvalue weighted by Gasteiger charge is 2.40. The SMILES string of the molecule is O=C(NC1CCC(N2CCOCC2=O)CC1)[C@H]1C[C@@H](O)CN1C(=O)Nc1ccc(Cl)cc1. The van der Waals surface area contributed by atoms with Crippen LogP contribution in [0.4, 0.5) is 10.5 Å². The molecule has 9 nitrogen and oxygen atoms in total. The molecule has 0 radical (unpaired) electrons. The molecule has 1 aliphatic carbocycles. The first-order valence-corrected chi connectivity index (χ1v) is 11.5. The zero-order chi connectivity index (χ0) is 22.7. The van der Waals surface area contributed by atoms with Crippen LogP contribution in [0.3, 0.4) is 0 Å². The summed E-state index contributed by atoms with van der Waals surface area (Å²) < 4.78 is 5.20. The number of nitrogens with one attached hydrogen (secondary N) is 2. The predicted octanol–water partition coefficient (Wildman–Crippen LogP) is 1.59. The number of urea groups is 1. The number of hydrogen-bond donors (Lipinski definition) is 3. The van der Waals surface area contributed by atoms with Crippen molar-refractivity contribution in [2.75, 3.05) is 31.6 Å². The van der Waals surface area contributed by atoms with Gasteiger partial charge in [0, 0.05) is 42.3 Å². The summed E-state index contributed by atoms with van der Waals surface area (Å²) in [6.07, 6.45) is 2.65. The Bertz CT molecular complexity index is 843. The van der Waals surface area contributed by atoms with E-state index in [9.17, 15) is 19.5 Å². The van der Waals surface area contributed by atoms with Crippen molar-refractivity contribution in [1.82, 2.24) is 15.1 Å². The number of rotatable bonds is 4. The number of carbonyl (C=O) groups is 3. The molecule has 1 saturated carbocycles. The summed E-state index contributed by atoms with van der Waals surface area (Å²) in [6, 6.07) is 5.72. The van der Waals surface area contributed by atoms with Crippen molar-refractivity contribution in [3.8, 4) is 0 Å². The molecule has 10 heteroatoms. The number of benzene rings is 1. The van der Waals surface area contributed by atoms with Gasteiger partial charge in [-0.05, 0) is 49.9 Å². The van der Waals surface area contributed by atoms with E-state index in [2.05, 4.69) is 10.6 Å².